The summed E-state index contributed by atoms with van der Waals surface area (Å²) in [7, 11) is 0. The van der Waals surface area contributed by atoms with E-state index in [-0.39, 0.29) is 0 Å². The summed E-state index contributed by atoms with van der Waals surface area (Å²) in [6, 6.07) is 17.1. The molecule has 22 heavy (non-hydrogen) atoms. The van der Waals surface area contributed by atoms with Crippen molar-refractivity contribution in [1.82, 2.24) is 0 Å². The van der Waals surface area contributed by atoms with Gasteiger partial charge in [-0.1, -0.05) is 63.2 Å². The minimum absolute atomic E-state index is 0.991. The quantitative estimate of drug-likeness (QED) is 0.679. The van der Waals surface area contributed by atoms with Crippen LogP contribution in [0, 0.1) is 0 Å². The van der Waals surface area contributed by atoms with Gasteiger partial charge in [-0.15, -0.1) is 0 Å². The van der Waals surface area contributed by atoms with Gasteiger partial charge in [-0.2, -0.15) is 0 Å². The number of allylic oxidation sites excluding steroid dienone is 1. The predicted molar refractivity (Wildman–Crippen MR) is 96.7 cm³/mol. The van der Waals surface area contributed by atoms with Gasteiger partial charge in [-0.25, -0.2) is 0 Å². The molecule has 1 heterocycles. The lowest BCUT2D eigenvalue weighted by Gasteiger charge is -2.34. The molecule has 1 nitrogen and oxygen atoms in total. The minimum Gasteiger partial charge on any atom is -0.314 e. The van der Waals surface area contributed by atoms with Gasteiger partial charge in [0.05, 0.1) is 0 Å². The Balaban J connectivity index is 2.15. The Kier molecular flexibility index (Phi) is 4.15. The fourth-order valence-corrected chi connectivity index (χ4v) is 3.26. The van der Waals surface area contributed by atoms with E-state index in [0.717, 1.165) is 25.0 Å². The number of nitrogens with zero attached hydrogens (tertiary/aromatic N) is 1. The summed E-state index contributed by atoms with van der Waals surface area (Å²) in [6.45, 7) is 8.87. The van der Waals surface area contributed by atoms with Gasteiger partial charge in [0.25, 0.3) is 0 Å². The van der Waals surface area contributed by atoms with Crippen LogP contribution in [0.1, 0.15) is 43.4 Å². The van der Waals surface area contributed by atoms with Crippen molar-refractivity contribution in [2.75, 3.05) is 4.90 Å². The average Bonchev–Trinajstić information content (AvgIpc) is 2.55. The van der Waals surface area contributed by atoms with E-state index in [1.54, 1.807) is 0 Å². The smallest absolute Gasteiger partial charge is 0.0467 e. The Bertz CT molecular complexity index is 710. The van der Waals surface area contributed by atoms with E-state index in [9.17, 15) is 0 Å². The van der Waals surface area contributed by atoms with Gasteiger partial charge >= 0.3 is 0 Å². The molecule has 0 atom stereocenters. The van der Waals surface area contributed by atoms with Crippen LogP contribution in [-0.4, -0.2) is 0 Å². The molecular formula is C21H23N. The van der Waals surface area contributed by atoms with Crippen molar-refractivity contribution in [3.63, 3.8) is 0 Å². The summed E-state index contributed by atoms with van der Waals surface area (Å²) in [5, 5.41) is 0. The van der Waals surface area contributed by atoms with Crippen molar-refractivity contribution in [3.8, 4) is 0 Å². The number of hydrogen-bond donors (Lipinski definition) is 0. The molecule has 0 saturated heterocycles. The molecular weight excluding hydrogens is 266 g/mol. The lowest BCUT2D eigenvalue weighted by Crippen LogP contribution is -2.24. The Hall–Kier alpha value is -2.28. The van der Waals surface area contributed by atoms with Crippen molar-refractivity contribution in [2.45, 2.75) is 33.1 Å². The highest BCUT2D eigenvalue weighted by molar-refractivity contribution is 5.92. The lowest BCUT2D eigenvalue weighted by molar-refractivity contribution is 0.913. The van der Waals surface area contributed by atoms with Gasteiger partial charge in [0.2, 0.25) is 0 Å². The number of hydrogen-bond acceptors (Lipinski definition) is 1. The summed E-state index contributed by atoms with van der Waals surface area (Å²) in [5.74, 6) is 0. The molecule has 0 bridgehead atoms. The highest BCUT2D eigenvalue weighted by atomic mass is 15.2. The van der Waals surface area contributed by atoms with Crippen LogP contribution in [-0.2, 0) is 6.42 Å². The molecule has 0 unspecified atom stereocenters. The number of fused-ring (bicyclic) bond motifs is 1. The third-order valence-corrected chi connectivity index (χ3v) is 4.25. The van der Waals surface area contributed by atoms with E-state index in [0.29, 0.717) is 0 Å². The molecule has 0 aromatic heterocycles. The second-order valence-electron chi connectivity index (χ2n) is 5.74. The minimum atomic E-state index is 0.991. The van der Waals surface area contributed by atoms with Crippen LogP contribution < -0.4 is 4.90 Å². The van der Waals surface area contributed by atoms with E-state index in [2.05, 4.69) is 79.9 Å². The van der Waals surface area contributed by atoms with Crippen LogP contribution in [0.3, 0.4) is 0 Å². The average molecular weight is 289 g/mol. The monoisotopic (exact) mass is 289 g/mol. The van der Waals surface area contributed by atoms with Crippen LogP contribution in [0.15, 0.2) is 60.8 Å². The van der Waals surface area contributed by atoms with Gasteiger partial charge in [-0.05, 0) is 42.2 Å². The van der Waals surface area contributed by atoms with Gasteiger partial charge in [0, 0.05) is 22.6 Å². The molecule has 3 rings (SSSR count). The van der Waals surface area contributed by atoms with Crippen LogP contribution in [0.2, 0.25) is 0 Å². The molecule has 0 saturated carbocycles. The van der Waals surface area contributed by atoms with Crippen molar-refractivity contribution in [1.29, 1.82) is 0 Å². The summed E-state index contributed by atoms with van der Waals surface area (Å²) in [6.07, 6.45) is 5.56. The molecule has 1 aliphatic heterocycles. The van der Waals surface area contributed by atoms with Crippen LogP contribution in [0.5, 0.6) is 0 Å². The van der Waals surface area contributed by atoms with E-state index in [4.69, 9.17) is 0 Å². The maximum atomic E-state index is 4.44. The molecule has 0 fully saturated rings. The van der Waals surface area contributed by atoms with Gasteiger partial charge in [0.1, 0.15) is 0 Å². The molecule has 0 radical (unpaired) electrons. The first kappa shape index (κ1) is 14.6. The first-order valence-corrected chi connectivity index (χ1v) is 8.13. The molecule has 1 aliphatic rings. The number of rotatable bonds is 4. The van der Waals surface area contributed by atoms with Gasteiger partial charge in [0.15, 0.2) is 0 Å². The first-order chi connectivity index (χ1) is 10.8. The van der Waals surface area contributed by atoms with Gasteiger partial charge < -0.3 is 4.90 Å². The van der Waals surface area contributed by atoms with Crippen LogP contribution in [0.25, 0.3) is 11.8 Å². The Labute approximate surface area is 133 Å². The van der Waals surface area contributed by atoms with Crippen molar-refractivity contribution >= 4 is 17.5 Å². The number of anilines is 1. The largest absolute Gasteiger partial charge is 0.314 e. The molecule has 0 spiro atoms. The van der Waals surface area contributed by atoms with E-state index < -0.39 is 0 Å². The summed E-state index contributed by atoms with van der Waals surface area (Å²) < 4.78 is 0. The fraction of sp³-hybridized carbons (Fsp3) is 0.238. The van der Waals surface area contributed by atoms with Crippen molar-refractivity contribution in [3.05, 3.63) is 77.5 Å². The normalized spacial score (nSPS) is 13.8. The maximum absolute atomic E-state index is 4.44. The van der Waals surface area contributed by atoms with Crippen molar-refractivity contribution in [2.24, 2.45) is 0 Å². The zero-order valence-electron chi connectivity index (χ0n) is 13.5. The third-order valence-electron chi connectivity index (χ3n) is 4.25. The Morgan fingerprint density at radius 2 is 1.73 bits per heavy atom. The highest BCUT2D eigenvalue weighted by Crippen LogP contribution is 2.39. The SMILES string of the molecule is C=C1c2c(cccc2CCC)C=C(CC)N1c1ccccc1. The summed E-state index contributed by atoms with van der Waals surface area (Å²) in [5.41, 5.74) is 7.61. The lowest BCUT2D eigenvalue weighted by atomic mass is 9.91. The zero-order valence-corrected chi connectivity index (χ0v) is 13.5. The zero-order chi connectivity index (χ0) is 15.5. The number of benzene rings is 2. The van der Waals surface area contributed by atoms with Crippen LogP contribution in [0.4, 0.5) is 5.69 Å². The highest BCUT2D eigenvalue weighted by Gasteiger charge is 2.24. The second-order valence-corrected chi connectivity index (χ2v) is 5.74. The van der Waals surface area contributed by atoms with Crippen LogP contribution >= 0.6 is 0 Å². The Morgan fingerprint density at radius 3 is 2.41 bits per heavy atom. The standard InChI is InChI=1S/C21H23N/c1-4-10-17-11-9-12-18-15-19(5-2)22(16(3)21(17)18)20-13-7-6-8-14-20/h6-9,11-15H,3-5,10H2,1-2H3. The van der Waals surface area contributed by atoms with E-state index >= 15 is 0 Å². The molecule has 0 aliphatic carbocycles. The number of aryl methyl sites for hydroxylation is 1. The third kappa shape index (κ3) is 2.48. The summed E-state index contributed by atoms with van der Waals surface area (Å²) in [4.78, 5) is 2.31. The number of para-hydroxylation sites is 1. The molecule has 1 heteroatoms. The molecule has 0 N–H and O–H groups in total. The molecule has 2 aromatic rings. The maximum Gasteiger partial charge on any atom is 0.0467 e. The van der Waals surface area contributed by atoms with Crippen molar-refractivity contribution < 1.29 is 0 Å². The van der Waals surface area contributed by atoms with E-state index in [1.165, 1.54) is 28.1 Å². The predicted octanol–water partition coefficient (Wildman–Crippen LogP) is 5.88. The second kappa shape index (κ2) is 6.23. The first-order valence-electron chi connectivity index (χ1n) is 8.13. The van der Waals surface area contributed by atoms with Gasteiger partial charge in [-0.3, -0.25) is 0 Å². The Morgan fingerprint density at radius 1 is 0.955 bits per heavy atom. The molecule has 0 amide bonds. The fourth-order valence-electron chi connectivity index (χ4n) is 3.26. The molecule has 2 aromatic carbocycles. The van der Waals surface area contributed by atoms with E-state index in [1.807, 2.05) is 0 Å². The summed E-state index contributed by atoms with van der Waals surface area (Å²) >= 11 is 0. The topological polar surface area (TPSA) is 3.24 Å². The molecule has 112 valence electrons.